The zero-order chi connectivity index (χ0) is 17.1. The number of aliphatic hydroxyl groups excluding tert-OH is 1. The minimum Gasteiger partial charge on any atom is -0.390 e. The Bertz CT molecular complexity index is 821. The van der Waals surface area contributed by atoms with Crippen molar-refractivity contribution in [3.05, 3.63) is 70.9 Å². The van der Waals surface area contributed by atoms with E-state index in [0.717, 1.165) is 6.54 Å². The molecule has 0 saturated carbocycles. The van der Waals surface area contributed by atoms with Crippen LogP contribution in [0, 0.1) is 20.8 Å². The lowest BCUT2D eigenvalue weighted by molar-refractivity contribution is 0.152. The first-order chi connectivity index (χ1) is 11.6. The minimum absolute atomic E-state index is 0.413. The Labute approximate surface area is 143 Å². The van der Waals surface area contributed by atoms with Crippen LogP contribution in [0.2, 0.25) is 0 Å². The SMILES string of the molecule is Cc1ccc2c(c1)c(C)c(C)n2C[C@@H](O)CNCc1ccccc1. The molecule has 126 valence electrons. The van der Waals surface area contributed by atoms with Gasteiger partial charge in [0.15, 0.2) is 0 Å². The van der Waals surface area contributed by atoms with Crippen molar-refractivity contribution in [1.29, 1.82) is 0 Å². The van der Waals surface area contributed by atoms with Crippen LogP contribution in [-0.4, -0.2) is 22.3 Å². The standard InChI is InChI=1S/C21H26N2O/c1-15-9-10-21-20(11-15)16(2)17(3)23(21)14-19(24)13-22-12-18-7-5-4-6-8-18/h4-11,19,22,24H,12-14H2,1-3H3/t19-/m0/s1. The van der Waals surface area contributed by atoms with Crippen molar-refractivity contribution >= 4 is 10.9 Å². The van der Waals surface area contributed by atoms with Gasteiger partial charge < -0.3 is 15.0 Å². The lowest BCUT2D eigenvalue weighted by Gasteiger charge is -2.15. The van der Waals surface area contributed by atoms with E-state index in [9.17, 15) is 5.11 Å². The highest BCUT2D eigenvalue weighted by atomic mass is 16.3. The molecule has 0 spiro atoms. The number of aryl methyl sites for hydroxylation is 2. The van der Waals surface area contributed by atoms with Crippen molar-refractivity contribution in [3.8, 4) is 0 Å². The zero-order valence-corrected chi connectivity index (χ0v) is 14.7. The van der Waals surface area contributed by atoms with E-state index in [2.05, 4.69) is 61.0 Å². The normalized spacial score (nSPS) is 12.7. The van der Waals surface area contributed by atoms with E-state index >= 15 is 0 Å². The van der Waals surface area contributed by atoms with Gasteiger partial charge in [0.2, 0.25) is 0 Å². The van der Waals surface area contributed by atoms with E-state index < -0.39 is 6.10 Å². The van der Waals surface area contributed by atoms with Crippen molar-refractivity contribution in [2.45, 2.75) is 40.0 Å². The summed E-state index contributed by atoms with van der Waals surface area (Å²) in [6, 6.07) is 16.8. The van der Waals surface area contributed by atoms with E-state index in [0.29, 0.717) is 13.1 Å². The molecule has 0 unspecified atom stereocenters. The number of fused-ring (bicyclic) bond motifs is 1. The first-order valence-corrected chi connectivity index (χ1v) is 8.55. The van der Waals surface area contributed by atoms with Crippen LogP contribution in [0.25, 0.3) is 10.9 Å². The lowest BCUT2D eigenvalue weighted by Crippen LogP contribution is -2.30. The summed E-state index contributed by atoms with van der Waals surface area (Å²) in [5, 5.41) is 15.1. The quantitative estimate of drug-likeness (QED) is 0.726. The first kappa shape index (κ1) is 16.7. The molecule has 3 heteroatoms. The van der Waals surface area contributed by atoms with Gasteiger partial charge in [0.25, 0.3) is 0 Å². The third-order valence-electron chi connectivity index (χ3n) is 4.74. The molecule has 1 atom stereocenters. The third kappa shape index (κ3) is 3.53. The van der Waals surface area contributed by atoms with Gasteiger partial charge in [-0.2, -0.15) is 0 Å². The van der Waals surface area contributed by atoms with E-state index in [1.165, 1.54) is 33.3 Å². The minimum atomic E-state index is -0.413. The fourth-order valence-corrected chi connectivity index (χ4v) is 3.25. The van der Waals surface area contributed by atoms with Crippen LogP contribution >= 0.6 is 0 Å². The van der Waals surface area contributed by atoms with Crippen molar-refractivity contribution < 1.29 is 5.11 Å². The Morgan fingerprint density at radius 3 is 2.54 bits per heavy atom. The van der Waals surface area contributed by atoms with Crippen LogP contribution in [0.1, 0.15) is 22.4 Å². The molecule has 0 radical (unpaired) electrons. The van der Waals surface area contributed by atoms with E-state index in [1.54, 1.807) is 0 Å². The second-order valence-electron chi connectivity index (χ2n) is 6.61. The first-order valence-electron chi connectivity index (χ1n) is 8.55. The Kier molecular flexibility index (Phi) is 5.03. The number of aliphatic hydroxyl groups is 1. The summed E-state index contributed by atoms with van der Waals surface area (Å²) >= 11 is 0. The van der Waals surface area contributed by atoms with Gasteiger partial charge in [-0.15, -0.1) is 0 Å². The molecule has 3 rings (SSSR count). The molecule has 1 heterocycles. The van der Waals surface area contributed by atoms with Crippen molar-refractivity contribution in [2.24, 2.45) is 0 Å². The smallest absolute Gasteiger partial charge is 0.0843 e. The average molecular weight is 322 g/mol. The summed E-state index contributed by atoms with van der Waals surface area (Å²) in [5.74, 6) is 0. The lowest BCUT2D eigenvalue weighted by atomic mass is 10.1. The van der Waals surface area contributed by atoms with Gasteiger partial charge in [-0.1, -0.05) is 42.0 Å². The number of hydrogen-bond donors (Lipinski definition) is 2. The van der Waals surface area contributed by atoms with Crippen molar-refractivity contribution in [2.75, 3.05) is 6.54 Å². The number of benzene rings is 2. The van der Waals surface area contributed by atoms with E-state index in [4.69, 9.17) is 0 Å². The predicted octanol–water partition coefficient (Wildman–Crippen LogP) is 3.72. The molecule has 1 aromatic heterocycles. The van der Waals surface area contributed by atoms with Gasteiger partial charge >= 0.3 is 0 Å². The molecule has 3 nitrogen and oxygen atoms in total. The van der Waals surface area contributed by atoms with Crippen LogP contribution in [0.15, 0.2) is 48.5 Å². The highest BCUT2D eigenvalue weighted by Gasteiger charge is 2.14. The summed E-state index contributed by atoms with van der Waals surface area (Å²) < 4.78 is 2.24. The van der Waals surface area contributed by atoms with Gasteiger partial charge in [-0.05, 0) is 44.0 Å². The monoisotopic (exact) mass is 322 g/mol. The second-order valence-corrected chi connectivity index (χ2v) is 6.61. The molecule has 0 aliphatic rings. The largest absolute Gasteiger partial charge is 0.390 e. The van der Waals surface area contributed by atoms with Gasteiger partial charge in [-0.3, -0.25) is 0 Å². The third-order valence-corrected chi connectivity index (χ3v) is 4.74. The van der Waals surface area contributed by atoms with Crippen LogP contribution in [0.4, 0.5) is 0 Å². The Balaban J connectivity index is 1.67. The fourth-order valence-electron chi connectivity index (χ4n) is 3.25. The molecular formula is C21H26N2O. The molecule has 2 N–H and O–H groups in total. The molecule has 0 bridgehead atoms. The Morgan fingerprint density at radius 1 is 1.04 bits per heavy atom. The molecule has 0 fully saturated rings. The molecule has 24 heavy (non-hydrogen) atoms. The molecular weight excluding hydrogens is 296 g/mol. The number of hydrogen-bond acceptors (Lipinski definition) is 2. The van der Waals surface area contributed by atoms with Gasteiger partial charge in [-0.25, -0.2) is 0 Å². The van der Waals surface area contributed by atoms with Gasteiger partial charge in [0.05, 0.1) is 12.6 Å². The molecule has 2 aromatic carbocycles. The number of aromatic nitrogens is 1. The maximum absolute atomic E-state index is 10.4. The molecule has 0 amide bonds. The average Bonchev–Trinajstić information content (AvgIpc) is 2.80. The summed E-state index contributed by atoms with van der Waals surface area (Å²) in [6.07, 6.45) is -0.413. The predicted molar refractivity (Wildman–Crippen MR) is 100 cm³/mol. The van der Waals surface area contributed by atoms with Crippen molar-refractivity contribution in [1.82, 2.24) is 9.88 Å². The maximum atomic E-state index is 10.4. The van der Waals surface area contributed by atoms with Gasteiger partial charge in [0.1, 0.15) is 0 Å². The van der Waals surface area contributed by atoms with Gasteiger partial charge in [0, 0.05) is 29.7 Å². The summed E-state index contributed by atoms with van der Waals surface area (Å²) in [6.45, 7) is 8.39. The Hall–Kier alpha value is -2.10. The summed E-state index contributed by atoms with van der Waals surface area (Å²) in [4.78, 5) is 0. The second kappa shape index (κ2) is 7.20. The molecule has 3 aromatic rings. The summed E-state index contributed by atoms with van der Waals surface area (Å²) in [7, 11) is 0. The van der Waals surface area contributed by atoms with E-state index in [1.807, 2.05) is 18.2 Å². The van der Waals surface area contributed by atoms with E-state index in [-0.39, 0.29) is 0 Å². The maximum Gasteiger partial charge on any atom is 0.0843 e. The highest BCUT2D eigenvalue weighted by Crippen LogP contribution is 2.26. The van der Waals surface area contributed by atoms with Crippen LogP contribution in [-0.2, 0) is 13.1 Å². The Morgan fingerprint density at radius 2 is 1.79 bits per heavy atom. The molecule has 0 aliphatic carbocycles. The molecule has 0 saturated heterocycles. The van der Waals surface area contributed by atoms with Crippen molar-refractivity contribution in [3.63, 3.8) is 0 Å². The number of nitrogens with one attached hydrogen (secondary N) is 1. The van der Waals surface area contributed by atoms with Crippen LogP contribution in [0.3, 0.4) is 0 Å². The summed E-state index contributed by atoms with van der Waals surface area (Å²) in [5.41, 5.74) is 6.25. The topological polar surface area (TPSA) is 37.2 Å². The number of rotatable bonds is 6. The zero-order valence-electron chi connectivity index (χ0n) is 14.7. The number of nitrogens with zero attached hydrogens (tertiary/aromatic N) is 1. The fraction of sp³-hybridized carbons (Fsp3) is 0.333. The highest BCUT2D eigenvalue weighted by molar-refractivity contribution is 5.85. The molecule has 0 aliphatic heterocycles. The van der Waals surface area contributed by atoms with Crippen LogP contribution in [0.5, 0.6) is 0 Å². The van der Waals surface area contributed by atoms with Crippen LogP contribution < -0.4 is 5.32 Å².